The fourth-order valence-corrected chi connectivity index (χ4v) is 3.55. The summed E-state index contributed by atoms with van der Waals surface area (Å²) in [5, 5.41) is 9.52. The average molecular weight is 289 g/mol. The molecule has 2 aliphatic heterocycles. The number of hydrogen-bond acceptors (Lipinski definition) is 3. The number of fused-ring (bicyclic) bond motifs is 3. The number of nitrogens with zero attached hydrogens (tertiary/aromatic N) is 3. The quantitative estimate of drug-likeness (QED) is 0.798. The predicted octanol–water partition coefficient (Wildman–Crippen LogP) is 3.07. The zero-order valence-corrected chi connectivity index (χ0v) is 12.0. The molecule has 0 amide bonds. The normalized spacial score (nSPS) is 25.4. The van der Waals surface area contributed by atoms with Crippen LogP contribution in [0.1, 0.15) is 28.5 Å². The van der Waals surface area contributed by atoms with Crippen molar-refractivity contribution in [2.24, 2.45) is 5.92 Å². The van der Waals surface area contributed by atoms with Gasteiger partial charge in [0.2, 0.25) is 0 Å². The van der Waals surface area contributed by atoms with E-state index in [1.165, 1.54) is 0 Å². The first-order valence-electron chi connectivity index (χ1n) is 7.41. The summed E-state index contributed by atoms with van der Waals surface area (Å²) in [7, 11) is 0. The van der Waals surface area contributed by atoms with Crippen molar-refractivity contribution in [3.8, 4) is 6.07 Å². The monoisotopic (exact) mass is 289 g/mol. The molecule has 0 radical (unpaired) electrons. The van der Waals surface area contributed by atoms with Gasteiger partial charge in [-0.15, -0.1) is 0 Å². The van der Waals surface area contributed by atoms with Crippen LogP contribution in [0, 0.1) is 17.2 Å². The maximum absolute atomic E-state index is 12.8. The van der Waals surface area contributed by atoms with Crippen molar-refractivity contribution >= 4 is 12.0 Å². The minimum absolute atomic E-state index is 0.0392. The van der Waals surface area contributed by atoms with E-state index >= 15 is 0 Å². The van der Waals surface area contributed by atoms with Crippen LogP contribution >= 0.6 is 0 Å². The summed E-state index contributed by atoms with van der Waals surface area (Å²) in [4.78, 5) is 14.9. The van der Waals surface area contributed by atoms with Gasteiger partial charge >= 0.3 is 0 Å². The number of benzene rings is 1. The number of hydrogen-bond donors (Lipinski definition) is 0. The molecule has 3 heterocycles. The number of carbonyl (C=O) groups excluding carboxylic acids is 1. The van der Waals surface area contributed by atoms with Gasteiger partial charge in [0.25, 0.3) is 0 Å². The predicted molar refractivity (Wildman–Crippen MR) is 82.6 cm³/mol. The summed E-state index contributed by atoms with van der Waals surface area (Å²) < 4.78 is 2.03. The third-order valence-corrected chi connectivity index (χ3v) is 4.58. The van der Waals surface area contributed by atoms with E-state index in [1.807, 2.05) is 65.6 Å². The van der Waals surface area contributed by atoms with E-state index in [-0.39, 0.29) is 23.8 Å². The highest BCUT2D eigenvalue weighted by molar-refractivity contribution is 6.00. The van der Waals surface area contributed by atoms with Crippen LogP contribution in [-0.2, 0) is 0 Å². The van der Waals surface area contributed by atoms with Gasteiger partial charge in [0, 0.05) is 29.9 Å². The lowest BCUT2D eigenvalue weighted by Gasteiger charge is -2.32. The zero-order chi connectivity index (χ0) is 15.1. The molecule has 1 aromatic carbocycles. The number of nitriles is 1. The summed E-state index contributed by atoms with van der Waals surface area (Å²) in [5.74, 6) is -0.0794. The molecule has 0 bridgehead atoms. The molecule has 0 aliphatic carbocycles. The van der Waals surface area contributed by atoms with Crippen molar-refractivity contribution in [1.29, 1.82) is 5.26 Å². The van der Waals surface area contributed by atoms with Crippen molar-refractivity contribution in [2.75, 3.05) is 0 Å². The van der Waals surface area contributed by atoms with Gasteiger partial charge in [-0.2, -0.15) is 5.26 Å². The van der Waals surface area contributed by atoms with Crippen LogP contribution in [0.25, 0.3) is 6.20 Å². The molecule has 1 saturated heterocycles. The lowest BCUT2D eigenvalue weighted by Crippen LogP contribution is -2.35. The van der Waals surface area contributed by atoms with Gasteiger partial charge in [-0.25, -0.2) is 0 Å². The van der Waals surface area contributed by atoms with E-state index < -0.39 is 0 Å². The molecule has 22 heavy (non-hydrogen) atoms. The molecule has 4 heteroatoms. The highest BCUT2D eigenvalue weighted by Crippen LogP contribution is 2.44. The van der Waals surface area contributed by atoms with E-state index in [2.05, 4.69) is 11.0 Å². The lowest BCUT2D eigenvalue weighted by molar-refractivity contribution is 0.0882. The minimum atomic E-state index is -0.267. The first-order valence-corrected chi connectivity index (χ1v) is 7.41. The molecule has 0 N–H and O–H groups in total. The first kappa shape index (κ1) is 12.9. The standard InChI is InChI=1S/C18H15N3O/c19-12-14-11-16(18(22)13-5-2-1-3-6-13)21-10-9-20-8-4-7-15(20)17(14)21/h1-10,14,16-17H,11H2/t14-,16-,17-/m0/s1. The Morgan fingerprint density at radius 3 is 2.73 bits per heavy atom. The van der Waals surface area contributed by atoms with Crippen molar-refractivity contribution < 1.29 is 4.79 Å². The molecule has 4 nitrogen and oxygen atoms in total. The largest absolute Gasteiger partial charge is 0.356 e. The number of Topliss-reactive ketones (excluding diaryl/α,β-unsaturated/α-hetero) is 1. The molecule has 4 rings (SSSR count). The third-order valence-electron chi connectivity index (χ3n) is 4.58. The third kappa shape index (κ3) is 1.79. The van der Waals surface area contributed by atoms with Crippen molar-refractivity contribution in [3.05, 3.63) is 66.1 Å². The second kappa shape index (κ2) is 4.88. The van der Waals surface area contributed by atoms with Crippen molar-refractivity contribution in [3.63, 3.8) is 0 Å². The van der Waals surface area contributed by atoms with Gasteiger partial charge in [-0.3, -0.25) is 4.79 Å². The Labute approximate surface area is 128 Å². The summed E-state index contributed by atoms with van der Waals surface area (Å²) in [6.07, 6.45) is 6.45. The molecular formula is C18H15N3O. The maximum Gasteiger partial charge on any atom is 0.185 e. The van der Waals surface area contributed by atoms with Crippen molar-refractivity contribution in [2.45, 2.75) is 18.5 Å². The molecule has 0 spiro atoms. The number of rotatable bonds is 2. The van der Waals surface area contributed by atoms with Crippen LogP contribution < -0.4 is 0 Å². The number of aromatic nitrogens is 1. The Bertz CT molecular complexity index is 784. The van der Waals surface area contributed by atoms with Crippen molar-refractivity contribution in [1.82, 2.24) is 9.47 Å². The highest BCUT2D eigenvalue weighted by Gasteiger charge is 2.46. The molecular weight excluding hydrogens is 274 g/mol. The fraction of sp³-hybridized carbons (Fsp3) is 0.222. The Morgan fingerprint density at radius 1 is 1.14 bits per heavy atom. The molecule has 0 saturated carbocycles. The molecule has 0 unspecified atom stereocenters. The van der Waals surface area contributed by atoms with E-state index in [0.29, 0.717) is 12.0 Å². The van der Waals surface area contributed by atoms with Crippen LogP contribution in [0.3, 0.4) is 0 Å². The molecule has 1 aromatic heterocycles. The number of ketones is 1. The molecule has 3 atom stereocenters. The second-order valence-corrected chi connectivity index (χ2v) is 5.75. The van der Waals surface area contributed by atoms with E-state index in [9.17, 15) is 10.1 Å². The van der Waals surface area contributed by atoms with Gasteiger partial charge in [-0.05, 0) is 18.6 Å². The molecule has 2 aliphatic rings. The zero-order valence-electron chi connectivity index (χ0n) is 12.0. The lowest BCUT2D eigenvalue weighted by atomic mass is 9.96. The minimum Gasteiger partial charge on any atom is -0.356 e. The van der Waals surface area contributed by atoms with Crippen LogP contribution in [-0.4, -0.2) is 21.3 Å². The van der Waals surface area contributed by atoms with Crippen LogP contribution in [0.2, 0.25) is 0 Å². The van der Waals surface area contributed by atoms with E-state index in [1.54, 1.807) is 0 Å². The SMILES string of the molecule is N#C[C@@H]1C[C@@H](C(=O)c2ccccc2)N2C=Cn3cccc3[C@H]12. The summed E-state index contributed by atoms with van der Waals surface area (Å²) in [5.41, 5.74) is 1.79. The smallest absolute Gasteiger partial charge is 0.185 e. The Morgan fingerprint density at radius 2 is 1.95 bits per heavy atom. The van der Waals surface area contributed by atoms with Crippen LogP contribution in [0.5, 0.6) is 0 Å². The van der Waals surface area contributed by atoms with Crippen LogP contribution in [0.4, 0.5) is 0 Å². The van der Waals surface area contributed by atoms with Gasteiger partial charge in [0.1, 0.15) is 0 Å². The van der Waals surface area contributed by atoms with Gasteiger partial charge in [0.05, 0.1) is 24.1 Å². The Hall–Kier alpha value is -2.80. The summed E-state index contributed by atoms with van der Waals surface area (Å²) >= 11 is 0. The molecule has 108 valence electrons. The van der Waals surface area contributed by atoms with Gasteiger partial charge in [0.15, 0.2) is 5.78 Å². The van der Waals surface area contributed by atoms with Crippen LogP contribution in [0.15, 0.2) is 54.9 Å². The van der Waals surface area contributed by atoms with Gasteiger partial charge in [-0.1, -0.05) is 30.3 Å². The maximum atomic E-state index is 12.8. The highest BCUT2D eigenvalue weighted by atomic mass is 16.1. The average Bonchev–Trinajstić information content (AvgIpc) is 3.18. The summed E-state index contributed by atoms with van der Waals surface area (Å²) in [6.45, 7) is 0. The second-order valence-electron chi connectivity index (χ2n) is 5.75. The molecule has 1 fully saturated rings. The Kier molecular flexibility index (Phi) is 2.87. The van der Waals surface area contributed by atoms with Gasteiger partial charge < -0.3 is 9.47 Å². The number of carbonyl (C=O) groups is 1. The Balaban J connectivity index is 1.72. The fourth-order valence-electron chi connectivity index (χ4n) is 3.55. The topological polar surface area (TPSA) is 49.0 Å². The summed E-state index contributed by atoms with van der Waals surface area (Å²) in [6, 6.07) is 15.4. The molecule has 2 aromatic rings. The first-order chi connectivity index (χ1) is 10.8. The van der Waals surface area contributed by atoms with E-state index in [4.69, 9.17) is 0 Å². The van der Waals surface area contributed by atoms with E-state index in [0.717, 1.165) is 5.69 Å².